The molecule has 8 nitrogen and oxygen atoms in total. The highest BCUT2D eigenvalue weighted by Gasteiger charge is 2.32. The molecule has 0 saturated carbocycles. The second-order valence-electron chi connectivity index (χ2n) is 3.81. The smallest absolute Gasteiger partial charge is 0.434 e. The van der Waals surface area contributed by atoms with Gasteiger partial charge in [0.05, 0.1) is 31.4 Å². The summed E-state index contributed by atoms with van der Waals surface area (Å²) >= 11 is 1.27. The highest BCUT2D eigenvalue weighted by molar-refractivity contribution is 8.02. The molecule has 1 heterocycles. The first kappa shape index (κ1) is 18.0. The molecule has 122 valence electrons. The number of rotatable bonds is 5. The number of carbonyl (C=O) groups excluding carboxylic acids is 3. The minimum absolute atomic E-state index is 0.112. The van der Waals surface area contributed by atoms with Gasteiger partial charge in [-0.1, -0.05) is 0 Å². The van der Waals surface area contributed by atoms with Gasteiger partial charge in [0.2, 0.25) is 0 Å². The molecule has 22 heavy (non-hydrogen) atoms. The molecule has 0 bridgehead atoms. The van der Waals surface area contributed by atoms with Gasteiger partial charge in [-0.2, -0.15) is 4.99 Å². The van der Waals surface area contributed by atoms with E-state index in [2.05, 4.69) is 4.99 Å². The fourth-order valence-electron chi connectivity index (χ4n) is 1.51. The van der Waals surface area contributed by atoms with Crippen molar-refractivity contribution >= 4 is 35.6 Å². The van der Waals surface area contributed by atoms with E-state index in [0.29, 0.717) is 0 Å². The van der Waals surface area contributed by atoms with E-state index in [1.807, 2.05) is 0 Å². The van der Waals surface area contributed by atoms with Crippen molar-refractivity contribution in [3.8, 4) is 0 Å². The Kier molecular flexibility index (Phi) is 7.44. The van der Waals surface area contributed by atoms with Gasteiger partial charge in [0, 0.05) is 0 Å². The molecule has 0 aromatic carbocycles. The number of esters is 1. The average molecular weight is 330 g/mol. The summed E-state index contributed by atoms with van der Waals surface area (Å²) in [5.41, 5.74) is -0.117. The molecule has 0 aromatic heterocycles. The SMILES string of the molecule is CCOC(=O)N=C(C(=O)OCC)C1=CSCN1C(=O)OCC. The van der Waals surface area contributed by atoms with E-state index in [1.165, 1.54) is 16.7 Å². The standard InChI is InChI=1S/C13H18N2O6S/c1-4-19-11(16)10(14-12(17)20-5-2)9-7-22-8-15(9)13(18)21-6-3/h7H,4-6,8H2,1-3H3. The molecule has 1 aliphatic heterocycles. The van der Waals surface area contributed by atoms with Gasteiger partial charge < -0.3 is 14.2 Å². The van der Waals surface area contributed by atoms with Crippen LogP contribution in [-0.2, 0) is 19.0 Å². The maximum absolute atomic E-state index is 12.0. The summed E-state index contributed by atoms with van der Waals surface area (Å²) in [7, 11) is 0. The van der Waals surface area contributed by atoms with Crippen LogP contribution in [0.15, 0.2) is 16.1 Å². The number of thioether (sulfide) groups is 1. The predicted molar refractivity (Wildman–Crippen MR) is 80.5 cm³/mol. The number of amides is 2. The molecule has 0 unspecified atom stereocenters. The van der Waals surface area contributed by atoms with E-state index in [9.17, 15) is 14.4 Å². The van der Waals surface area contributed by atoms with E-state index in [4.69, 9.17) is 14.2 Å². The average Bonchev–Trinajstić information content (AvgIpc) is 2.94. The normalized spacial score (nSPS) is 14.4. The summed E-state index contributed by atoms with van der Waals surface area (Å²) in [5.74, 6) is -0.548. The van der Waals surface area contributed by atoms with E-state index in [-0.39, 0.29) is 37.1 Å². The van der Waals surface area contributed by atoms with Gasteiger partial charge in [0.1, 0.15) is 0 Å². The summed E-state index contributed by atoms with van der Waals surface area (Å²) in [6.45, 7) is 5.34. The van der Waals surface area contributed by atoms with Crippen LogP contribution in [0.5, 0.6) is 0 Å². The first-order valence-electron chi connectivity index (χ1n) is 6.74. The van der Waals surface area contributed by atoms with Crippen molar-refractivity contribution in [1.29, 1.82) is 0 Å². The Balaban J connectivity index is 3.06. The maximum atomic E-state index is 12.0. The Bertz CT molecular complexity index is 503. The number of hydrogen-bond donors (Lipinski definition) is 0. The van der Waals surface area contributed by atoms with Crippen molar-refractivity contribution in [2.24, 2.45) is 4.99 Å². The second-order valence-corrected chi connectivity index (χ2v) is 4.63. The summed E-state index contributed by atoms with van der Waals surface area (Å²) in [6.07, 6.45) is -1.55. The summed E-state index contributed by atoms with van der Waals surface area (Å²) < 4.78 is 14.5. The van der Waals surface area contributed by atoms with Crippen LogP contribution in [-0.4, -0.2) is 54.5 Å². The second kappa shape index (κ2) is 9.08. The molecule has 0 aromatic rings. The van der Waals surface area contributed by atoms with Crippen molar-refractivity contribution in [3.05, 3.63) is 11.1 Å². The Morgan fingerprint density at radius 2 is 1.77 bits per heavy atom. The van der Waals surface area contributed by atoms with E-state index in [0.717, 1.165) is 0 Å². The third-order valence-corrected chi connectivity index (χ3v) is 3.16. The number of ether oxygens (including phenoxy) is 3. The molecule has 0 saturated heterocycles. The third-order valence-electron chi connectivity index (χ3n) is 2.36. The number of hydrogen-bond acceptors (Lipinski definition) is 7. The lowest BCUT2D eigenvalue weighted by atomic mass is 10.2. The van der Waals surface area contributed by atoms with Gasteiger partial charge in [-0.05, 0) is 26.2 Å². The lowest BCUT2D eigenvalue weighted by Gasteiger charge is -2.19. The molecule has 0 fully saturated rings. The van der Waals surface area contributed by atoms with Gasteiger partial charge >= 0.3 is 18.2 Å². The fourth-order valence-corrected chi connectivity index (χ4v) is 2.38. The molecule has 0 spiro atoms. The van der Waals surface area contributed by atoms with Crippen molar-refractivity contribution in [1.82, 2.24) is 4.90 Å². The summed E-state index contributed by atoms with van der Waals surface area (Å²) in [4.78, 5) is 40.2. The highest BCUT2D eigenvalue weighted by atomic mass is 32.2. The molecular weight excluding hydrogens is 312 g/mol. The molecule has 0 atom stereocenters. The number of aliphatic imine (C=N–C) groups is 1. The zero-order valence-electron chi connectivity index (χ0n) is 12.7. The lowest BCUT2D eigenvalue weighted by molar-refractivity contribution is -0.135. The molecule has 2 amide bonds. The van der Waals surface area contributed by atoms with Crippen molar-refractivity contribution in [2.75, 3.05) is 25.7 Å². The largest absolute Gasteiger partial charge is 0.461 e. The first-order valence-corrected chi connectivity index (χ1v) is 7.78. The lowest BCUT2D eigenvalue weighted by Crippen LogP contribution is -2.35. The zero-order chi connectivity index (χ0) is 16.5. The van der Waals surface area contributed by atoms with E-state index in [1.54, 1.807) is 26.2 Å². The monoisotopic (exact) mass is 330 g/mol. The van der Waals surface area contributed by atoms with Crippen LogP contribution >= 0.6 is 11.8 Å². The van der Waals surface area contributed by atoms with Crippen molar-refractivity contribution < 1.29 is 28.6 Å². The Labute approximate surface area is 132 Å². The maximum Gasteiger partial charge on any atom is 0.434 e. The highest BCUT2D eigenvalue weighted by Crippen LogP contribution is 2.25. The van der Waals surface area contributed by atoms with Crippen LogP contribution < -0.4 is 0 Å². The van der Waals surface area contributed by atoms with E-state index >= 15 is 0 Å². The van der Waals surface area contributed by atoms with Gasteiger partial charge in [-0.25, -0.2) is 14.4 Å². The van der Waals surface area contributed by atoms with Gasteiger partial charge in [-0.3, -0.25) is 4.90 Å². The Morgan fingerprint density at radius 1 is 1.14 bits per heavy atom. The first-order chi connectivity index (χ1) is 10.5. The summed E-state index contributed by atoms with van der Waals surface area (Å²) in [6, 6.07) is 0. The van der Waals surface area contributed by atoms with Gasteiger partial charge in [0.25, 0.3) is 0 Å². The molecule has 0 N–H and O–H groups in total. The fraction of sp³-hybridized carbons (Fsp3) is 0.538. The van der Waals surface area contributed by atoms with Crippen LogP contribution in [0.25, 0.3) is 0 Å². The molecule has 1 rings (SSSR count). The quantitative estimate of drug-likeness (QED) is 0.433. The van der Waals surface area contributed by atoms with Crippen molar-refractivity contribution in [2.45, 2.75) is 20.8 Å². The Morgan fingerprint density at radius 3 is 2.36 bits per heavy atom. The van der Waals surface area contributed by atoms with Crippen LogP contribution in [0, 0.1) is 0 Å². The molecule has 9 heteroatoms. The number of nitrogens with zero attached hydrogens (tertiary/aromatic N) is 2. The van der Waals surface area contributed by atoms with Crippen LogP contribution in [0.1, 0.15) is 20.8 Å². The molecule has 1 aliphatic rings. The van der Waals surface area contributed by atoms with Crippen LogP contribution in [0.3, 0.4) is 0 Å². The molecule has 0 radical (unpaired) electrons. The predicted octanol–water partition coefficient (Wildman–Crippen LogP) is 2.15. The van der Waals surface area contributed by atoms with Crippen molar-refractivity contribution in [3.63, 3.8) is 0 Å². The number of carbonyl (C=O) groups is 3. The van der Waals surface area contributed by atoms with Crippen LogP contribution in [0.2, 0.25) is 0 Å². The molecular formula is C13H18N2O6S. The van der Waals surface area contributed by atoms with Crippen LogP contribution in [0.4, 0.5) is 9.59 Å². The van der Waals surface area contributed by atoms with Gasteiger partial charge in [0.15, 0.2) is 5.71 Å². The minimum Gasteiger partial charge on any atom is -0.461 e. The molecule has 0 aliphatic carbocycles. The third kappa shape index (κ3) is 4.76. The van der Waals surface area contributed by atoms with Gasteiger partial charge in [-0.15, -0.1) is 11.8 Å². The zero-order valence-corrected chi connectivity index (χ0v) is 13.5. The topological polar surface area (TPSA) is 94.5 Å². The summed E-state index contributed by atoms with van der Waals surface area (Å²) in [5, 5.41) is 1.55. The Hall–Kier alpha value is -2.03. The minimum atomic E-state index is -0.924. The van der Waals surface area contributed by atoms with E-state index < -0.39 is 18.2 Å².